The van der Waals surface area contributed by atoms with E-state index in [4.69, 9.17) is 17.3 Å². The minimum Gasteiger partial charge on any atom is -0.396 e. The number of hydrogen-bond acceptors (Lipinski definition) is 4. The van der Waals surface area contributed by atoms with Crippen molar-refractivity contribution in [2.45, 2.75) is 0 Å². The first-order chi connectivity index (χ1) is 6.63. The highest BCUT2D eigenvalue weighted by atomic mass is 35.5. The summed E-state index contributed by atoms with van der Waals surface area (Å²) in [5, 5.41) is 5.57. The quantitative estimate of drug-likeness (QED) is 0.640. The topological polar surface area (TPSA) is 80.0 Å². The van der Waals surface area contributed by atoms with Gasteiger partial charge in [-0.25, -0.2) is 4.98 Å². The van der Waals surface area contributed by atoms with Crippen molar-refractivity contribution in [2.75, 3.05) is 24.6 Å². The standard InChI is InChI=1S/C8H11ClN4O/c1-11-7(14)4-12-8-5(10)2-3-6(9)13-8/h2-3H,4,10H2,1H3,(H,11,14)(H,12,13). The number of carbonyl (C=O) groups is 1. The van der Waals surface area contributed by atoms with Gasteiger partial charge in [-0.15, -0.1) is 0 Å². The molecular formula is C8H11ClN4O. The molecule has 1 heterocycles. The second kappa shape index (κ2) is 4.66. The summed E-state index contributed by atoms with van der Waals surface area (Å²) in [5.41, 5.74) is 6.06. The van der Waals surface area contributed by atoms with Gasteiger partial charge in [0.2, 0.25) is 5.91 Å². The van der Waals surface area contributed by atoms with Gasteiger partial charge in [0.05, 0.1) is 12.2 Å². The van der Waals surface area contributed by atoms with Crippen LogP contribution in [0.5, 0.6) is 0 Å². The SMILES string of the molecule is CNC(=O)CNc1nc(Cl)ccc1N. The lowest BCUT2D eigenvalue weighted by atomic mass is 10.4. The minimum absolute atomic E-state index is 0.119. The Hall–Kier alpha value is -1.49. The van der Waals surface area contributed by atoms with Crippen LogP contribution in [0.2, 0.25) is 5.15 Å². The van der Waals surface area contributed by atoms with Gasteiger partial charge in [-0.05, 0) is 12.1 Å². The van der Waals surface area contributed by atoms with Crippen LogP contribution in [-0.4, -0.2) is 24.5 Å². The molecule has 1 aromatic rings. The molecule has 76 valence electrons. The highest BCUT2D eigenvalue weighted by Crippen LogP contribution is 2.17. The maximum Gasteiger partial charge on any atom is 0.239 e. The van der Waals surface area contributed by atoms with Crippen LogP contribution in [0.3, 0.4) is 0 Å². The van der Waals surface area contributed by atoms with E-state index >= 15 is 0 Å². The van der Waals surface area contributed by atoms with E-state index in [1.807, 2.05) is 0 Å². The molecule has 0 saturated heterocycles. The smallest absolute Gasteiger partial charge is 0.239 e. The van der Waals surface area contributed by atoms with Gasteiger partial charge in [0.1, 0.15) is 5.15 Å². The number of aromatic nitrogens is 1. The highest BCUT2D eigenvalue weighted by Gasteiger charge is 2.03. The van der Waals surface area contributed by atoms with Crippen LogP contribution >= 0.6 is 11.6 Å². The number of nitrogens with one attached hydrogen (secondary N) is 2. The Morgan fingerprint density at radius 3 is 3.00 bits per heavy atom. The second-order valence-corrected chi connectivity index (χ2v) is 2.99. The van der Waals surface area contributed by atoms with Gasteiger partial charge in [0.25, 0.3) is 0 Å². The van der Waals surface area contributed by atoms with Crippen LogP contribution in [0.15, 0.2) is 12.1 Å². The normalized spacial score (nSPS) is 9.57. The van der Waals surface area contributed by atoms with E-state index in [0.717, 1.165) is 0 Å². The van der Waals surface area contributed by atoms with E-state index in [2.05, 4.69) is 15.6 Å². The summed E-state index contributed by atoms with van der Waals surface area (Å²) in [6, 6.07) is 3.21. The van der Waals surface area contributed by atoms with Crippen molar-refractivity contribution in [1.29, 1.82) is 0 Å². The van der Waals surface area contributed by atoms with Crippen LogP contribution in [0, 0.1) is 0 Å². The number of nitrogens with zero attached hydrogens (tertiary/aromatic N) is 1. The molecule has 0 aromatic carbocycles. The first-order valence-corrected chi connectivity index (χ1v) is 4.37. The summed E-state index contributed by atoms with van der Waals surface area (Å²) in [5.74, 6) is 0.271. The minimum atomic E-state index is -0.147. The number of nitrogen functional groups attached to an aromatic ring is 1. The molecule has 0 atom stereocenters. The molecule has 0 aliphatic carbocycles. The number of hydrogen-bond donors (Lipinski definition) is 3. The molecule has 1 aromatic heterocycles. The first-order valence-electron chi connectivity index (χ1n) is 4.00. The molecule has 0 saturated carbocycles. The van der Waals surface area contributed by atoms with E-state index in [0.29, 0.717) is 16.7 Å². The number of carbonyl (C=O) groups excluding carboxylic acids is 1. The van der Waals surface area contributed by atoms with Crippen molar-refractivity contribution in [3.8, 4) is 0 Å². The van der Waals surface area contributed by atoms with Crippen molar-refractivity contribution in [1.82, 2.24) is 10.3 Å². The van der Waals surface area contributed by atoms with Crippen LogP contribution in [0.1, 0.15) is 0 Å². The fraction of sp³-hybridized carbons (Fsp3) is 0.250. The predicted octanol–water partition coefficient (Wildman–Crippen LogP) is 0.475. The molecule has 0 spiro atoms. The highest BCUT2D eigenvalue weighted by molar-refractivity contribution is 6.29. The van der Waals surface area contributed by atoms with Gasteiger partial charge in [-0.1, -0.05) is 11.6 Å². The molecule has 0 unspecified atom stereocenters. The van der Waals surface area contributed by atoms with Crippen LogP contribution in [-0.2, 0) is 4.79 Å². The Morgan fingerprint density at radius 2 is 2.36 bits per heavy atom. The third-order valence-electron chi connectivity index (χ3n) is 1.59. The summed E-state index contributed by atoms with van der Waals surface area (Å²) in [7, 11) is 1.55. The monoisotopic (exact) mass is 214 g/mol. The van der Waals surface area contributed by atoms with Crippen molar-refractivity contribution in [2.24, 2.45) is 0 Å². The Labute approximate surface area is 86.7 Å². The van der Waals surface area contributed by atoms with E-state index in [9.17, 15) is 4.79 Å². The fourth-order valence-corrected chi connectivity index (χ4v) is 0.988. The predicted molar refractivity (Wildman–Crippen MR) is 56.2 cm³/mol. The maximum atomic E-state index is 10.9. The second-order valence-electron chi connectivity index (χ2n) is 2.60. The molecule has 5 nitrogen and oxygen atoms in total. The molecular weight excluding hydrogens is 204 g/mol. The average molecular weight is 215 g/mol. The third kappa shape index (κ3) is 2.77. The number of anilines is 2. The van der Waals surface area contributed by atoms with Crippen LogP contribution in [0.25, 0.3) is 0 Å². The van der Waals surface area contributed by atoms with Crippen LogP contribution in [0.4, 0.5) is 11.5 Å². The Balaban J connectivity index is 2.66. The largest absolute Gasteiger partial charge is 0.396 e. The molecule has 1 rings (SSSR count). The van der Waals surface area contributed by atoms with E-state index < -0.39 is 0 Å². The third-order valence-corrected chi connectivity index (χ3v) is 1.80. The molecule has 0 bridgehead atoms. The number of likely N-dealkylation sites (N-methyl/N-ethyl adjacent to an activating group) is 1. The molecule has 4 N–H and O–H groups in total. The number of amides is 1. The van der Waals surface area contributed by atoms with Crippen molar-refractivity contribution in [3.05, 3.63) is 17.3 Å². The van der Waals surface area contributed by atoms with Crippen molar-refractivity contribution in [3.63, 3.8) is 0 Å². The van der Waals surface area contributed by atoms with E-state index in [1.54, 1.807) is 19.2 Å². The van der Waals surface area contributed by atoms with Crippen molar-refractivity contribution < 1.29 is 4.79 Å². The summed E-state index contributed by atoms with van der Waals surface area (Å²) in [6.45, 7) is 0.119. The van der Waals surface area contributed by atoms with Crippen molar-refractivity contribution >= 4 is 29.0 Å². The Kier molecular flexibility index (Phi) is 3.53. The van der Waals surface area contributed by atoms with Gasteiger partial charge in [-0.2, -0.15) is 0 Å². The zero-order chi connectivity index (χ0) is 10.6. The summed E-state index contributed by atoms with van der Waals surface area (Å²) in [4.78, 5) is 14.8. The van der Waals surface area contributed by atoms with E-state index in [-0.39, 0.29) is 12.5 Å². The zero-order valence-electron chi connectivity index (χ0n) is 7.67. The lowest BCUT2D eigenvalue weighted by molar-refractivity contribution is -0.118. The summed E-state index contributed by atoms with van der Waals surface area (Å²) >= 11 is 5.66. The van der Waals surface area contributed by atoms with Crippen LogP contribution < -0.4 is 16.4 Å². The molecule has 14 heavy (non-hydrogen) atoms. The summed E-state index contributed by atoms with van der Waals surface area (Å²) in [6.07, 6.45) is 0. The number of halogens is 1. The average Bonchev–Trinajstić information content (AvgIpc) is 2.19. The summed E-state index contributed by atoms with van der Waals surface area (Å²) < 4.78 is 0. The molecule has 0 fully saturated rings. The lowest BCUT2D eigenvalue weighted by Crippen LogP contribution is -2.26. The molecule has 0 aliphatic rings. The van der Waals surface area contributed by atoms with Gasteiger partial charge < -0.3 is 16.4 Å². The van der Waals surface area contributed by atoms with E-state index in [1.165, 1.54) is 0 Å². The Bertz CT molecular complexity index is 342. The molecule has 6 heteroatoms. The maximum absolute atomic E-state index is 10.9. The lowest BCUT2D eigenvalue weighted by Gasteiger charge is -2.07. The van der Waals surface area contributed by atoms with Gasteiger partial charge >= 0.3 is 0 Å². The van der Waals surface area contributed by atoms with Gasteiger partial charge in [0.15, 0.2) is 5.82 Å². The molecule has 1 amide bonds. The molecule has 0 aliphatic heterocycles. The van der Waals surface area contributed by atoms with Gasteiger partial charge in [0, 0.05) is 7.05 Å². The number of nitrogens with two attached hydrogens (primary N) is 1. The Morgan fingerprint density at radius 1 is 1.64 bits per heavy atom. The first kappa shape index (κ1) is 10.6. The van der Waals surface area contributed by atoms with Gasteiger partial charge in [-0.3, -0.25) is 4.79 Å². The number of pyridine rings is 1. The number of rotatable bonds is 3. The fourth-order valence-electron chi connectivity index (χ4n) is 0.840. The molecule has 0 radical (unpaired) electrons. The zero-order valence-corrected chi connectivity index (χ0v) is 8.43.